The van der Waals surface area contributed by atoms with E-state index in [0.717, 1.165) is 12.1 Å². The predicted octanol–water partition coefficient (Wildman–Crippen LogP) is 3.17. The molecule has 1 atom stereocenters. The Morgan fingerprint density at radius 2 is 2.00 bits per heavy atom. The largest absolute Gasteiger partial charge is 0.419 e. The third-order valence-corrected chi connectivity index (χ3v) is 1.85. The van der Waals surface area contributed by atoms with Crippen LogP contribution in [0.15, 0.2) is 18.2 Å². The van der Waals surface area contributed by atoms with Crippen LogP contribution in [-0.4, -0.2) is 6.04 Å². The van der Waals surface area contributed by atoms with Gasteiger partial charge >= 0.3 is 6.18 Å². The highest BCUT2D eigenvalue weighted by Gasteiger charge is 2.34. The average molecular weight is 232 g/mol. The first-order chi connectivity index (χ1) is 7.34. The summed E-state index contributed by atoms with van der Waals surface area (Å²) < 4.78 is 49.8. The lowest BCUT2D eigenvalue weighted by atomic mass is 10.1. The molecule has 0 amide bonds. The quantitative estimate of drug-likeness (QED) is 0.795. The first-order valence-corrected chi connectivity index (χ1v) is 4.37. The topological polar surface area (TPSA) is 35.8 Å². The Balaban J connectivity index is 3.04. The minimum atomic E-state index is -4.74. The van der Waals surface area contributed by atoms with Gasteiger partial charge in [0.25, 0.3) is 0 Å². The van der Waals surface area contributed by atoms with E-state index >= 15 is 0 Å². The summed E-state index contributed by atoms with van der Waals surface area (Å²) in [4.78, 5) is 0. The van der Waals surface area contributed by atoms with Crippen LogP contribution in [0.1, 0.15) is 12.5 Å². The molecule has 16 heavy (non-hydrogen) atoms. The summed E-state index contributed by atoms with van der Waals surface area (Å²) in [6.07, 6.45) is -4.74. The number of rotatable bonds is 2. The normalized spacial score (nSPS) is 13.0. The van der Waals surface area contributed by atoms with Crippen molar-refractivity contribution in [3.63, 3.8) is 0 Å². The van der Waals surface area contributed by atoms with E-state index in [9.17, 15) is 17.6 Å². The van der Waals surface area contributed by atoms with Crippen LogP contribution in [0.4, 0.5) is 23.2 Å². The minimum absolute atomic E-state index is 0.0581. The molecule has 0 aliphatic rings. The second kappa shape index (κ2) is 4.39. The van der Waals surface area contributed by atoms with E-state index in [1.54, 1.807) is 6.07 Å². The van der Waals surface area contributed by atoms with Gasteiger partial charge in [-0.3, -0.25) is 0 Å². The number of anilines is 1. The second-order valence-corrected chi connectivity index (χ2v) is 3.19. The van der Waals surface area contributed by atoms with Gasteiger partial charge in [0.2, 0.25) is 0 Å². The highest BCUT2D eigenvalue weighted by atomic mass is 19.4. The molecule has 0 aliphatic heterocycles. The van der Waals surface area contributed by atoms with E-state index in [2.05, 4.69) is 5.32 Å². The summed E-state index contributed by atoms with van der Waals surface area (Å²) in [6.45, 7) is 1.48. The Morgan fingerprint density at radius 1 is 1.38 bits per heavy atom. The zero-order valence-electron chi connectivity index (χ0n) is 8.27. The molecular formula is C10H8F4N2. The van der Waals surface area contributed by atoms with Crippen molar-refractivity contribution in [2.24, 2.45) is 0 Å². The molecule has 0 fully saturated rings. The third kappa shape index (κ3) is 2.86. The highest BCUT2D eigenvalue weighted by Crippen LogP contribution is 2.33. The van der Waals surface area contributed by atoms with Crippen molar-refractivity contribution in [2.45, 2.75) is 19.1 Å². The molecule has 0 spiro atoms. The Bertz CT molecular complexity index is 420. The van der Waals surface area contributed by atoms with Gasteiger partial charge in [-0.15, -0.1) is 0 Å². The maximum atomic E-state index is 12.9. The van der Waals surface area contributed by atoms with Crippen molar-refractivity contribution in [1.29, 1.82) is 5.26 Å². The Labute approximate surface area is 89.5 Å². The van der Waals surface area contributed by atoms with Gasteiger partial charge in [-0.2, -0.15) is 18.4 Å². The number of nitrogens with zero attached hydrogens (tertiary/aromatic N) is 1. The molecule has 0 aromatic heterocycles. The number of hydrogen-bond acceptors (Lipinski definition) is 2. The Kier molecular flexibility index (Phi) is 3.38. The molecule has 0 saturated carbocycles. The molecule has 1 unspecified atom stereocenters. The molecule has 2 nitrogen and oxygen atoms in total. The molecule has 6 heteroatoms. The van der Waals surface area contributed by atoms with Crippen molar-refractivity contribution in [3.8, 4) is 6.07 Å². The van der Waals surface area contributed by atoms with Crippen molar-refractivity contribution in [2.75, 3.05) is 5.32 Å². The Hall–Kier alpha value is -1.77. The zero-order chi connectivity index (χ0) is 12.3. The first kappa shape index (κ1) is 12.3. The first-order valence-electron chi connectivity index (χ1n) is 4.37. The van der Waals surface area contributed by atoms with E-state index in [1.807, 2.05) is 0 Å². The van der Waals surface area contributed by atoms with Gasteiger partial charge in [0, 0.05) is 5.69 Å². The van der Waals surface area contributed by atoms with Crippen LogP contribution in [0, 0.1) is 17.1 Å². The summed E-state index contributed by atoms with van der Waals surface area (Å²) in [5.41, 5.74) is -1.29. The fraction of sp³-hybridized carbons (Fsp3) is 0.300. The molecule has 0 heterocycles. The van der Waals surface area contributed by atoms with Crippen molar-refractivity contribution in [1.82, 2.24) is 0 Å². The van der Waals surface area contributed by atoms with Gasteiger partial charge in [-0.25, -0.2) is 4.39 Å². The van der Waals surface area contributed by atoms with Crippen LogP contribution in [0.2, 0.25) is 0 Å². The molecule has 1 rings (SSSR count). The lowest BCUT2D eigenvalue weighted by Crippen LogP contribution is -2.14. The summed E-state index contributed by atoms with van der Waals surface area (Å²) in [7, 11) is 0. The van der Waals surface area contributed by atoms with Gasteiger partial charge in [-0.05, 0) is 25.1 Å². The average Bonchev–Trinajstić information content (AvgIpc) is 2.19. The number of hydrogen-bond donors (Lipinski definition) is 1. The molecule has 1 aromatic carbocycles. The molecule has 0 aliphatic carbocycles. The van der Waals surface area contributed by atoms with Crippen LogP contribution in [-0.2, 0) is 6.18 Å². The van der Waals surface area contributed by atoms with Crippen molar-refractivity contribution >= 4 is 5.69 Å². The van der Waals surface area contributed by atoms with E-state index < -0.39 is 23.6 Å². The molecular weight excluding hydrogens is 224 g/mol. The fourth-order valence-corrected chi connectivity index (χ4v) is 1.11. The van der Waals surface area contributed by atoms with E-state index in [0.29, 0.717) is 6.07 Å². The van der Waals surface area contributed by atoms with Gasteiger partial charge < -0.3 is 5.32 Å². The summed E-state index contributed by atoms with van der Waals surface area (Å²) >= 11 is 0. The van der Waals surface area contributed by atoms with Crippen LogP contribution in [0.25, 0.3) is 0 Å². The van der Waals surface area contributed by atoms with E-state index in [1.165, 1.54) is 6.92 Å². The number of nitrogens with one attached hydrogen (secondary N) is 1. The maximum Gasteiger partial charge on any atom is 0.419 e. The molecule has 0 radical (unpaired) electrons. The third-order valence-electron chi connectivity index (χ3n) is 1.85. The van der Waals surface area contributed by atoms with Gasteiger partial charge in [0.05, 0.1) is 11.6 Å². The van der Waals surface area contributed by atoms with E-state index in [-0.39, 0.29) is 5.69 Å². The highest BCUT2D eigenvalue weighted by molar-refractivity contribution is 5.48. The monoisotopic (exact) mass is 232 g/mol. The Morgan fingerprint density at radius 3 is 2.50 bits per heavy atom. The van der Waals surface area contributed by atoms with Gasteiger partial charge in [0.15, 0.2) is 0 Å². The molecule has 0 bridgehead atoms. The standard InChI is InChI=1S/C10H8F4N2/c1-6(5-15)16-7-2-3-9(11)8(4-7)10(12,13)14/h2-4,6,16H,1H3. The summed E-state index contributed by atoms with van der Waals surface area (Å²) in [5.74, 6) is -1.33. The molecule has 0 saturated heterocycles. The molecule has 1 N–H and O–H groups in total. The fourth-order valence-electron chi connectivity index (χ4n) is 1.11. The van der Waals surface area contributed by atoms with Gasteiger partial charge in [0.1, 0.15) is 11.9 Å². The van der Waals surface area contributed by atoms with Crippen LogP contribution in [0.5, 0.6) is 0 Å². The lowest BCUT2D eigenvalue weighted by molar-refractivity contribution is -0.139. The number of alkyl halides is 3. The second-order valence-electron chi connectivity index (χ2n) is 3.19. The zero-order valence-corrected chi connectivity index (χ0v) is 8.27. The number of nitriles is 1. The van der Waals surface area contributed by atoms with E-state index in [4.69, 9.17) is 5.26 Å². The van der Waals surface area contributed by atoms with Gasteiger partial charge in [-0.1, -0.05) is 0 Å². The smallest absolute Gasteiger partial charge is 0.370 e. The SMILES string of the molecule is CC(C#N)Nc1ccc(F)c(C(F)(F)F)c1. The lowest BCUT2D eigenvalue weighted by Gasteiger charge is -2.12. The predicted molar refractivity (Wildman–Crippen MR) is 50.1 cm³/mol. The number of benzene rings is 1. The summed E-state index contributed by atoms with van der Waals surface area (Å²) in [5, 5.41) is 11.0. The van der Waals surface area contributed by atoms with Crippen LogP contribution >= 0.6 is 0 Å². The van der Waals surface area contributed by atoms with Crippen LogP contribution in [0.3, 0.4) is 0 Å². The minimum Gasteiger partial charge on any atom is -0.370 e. The molecule has 86 valence electrons. The maximum absolute atomic E-state index is 12.9. The van der Waals surface area contributed by atoms with Crippen molar-refractivity contribution < 1.29 is 17.6 Å². The number of halogens is 4. The van der Waals surface area contributed by atoms with Crippen LogP contribution < -0.4 is 5.32 Å². The van der Waals surface area contributed by atoms with Crippen molar-refractivity contribution in [3.05, 3.63) is 29.6 Å². The summed E-state index contributed by atoms with van der Waals surface area (Å²) in [6, 6.07) is 3.66. The molecule has 1 aromatic rings.